The first-order valence-corrected chi connectivity index (χ1v) is 7.96. The Labute approximate surface area is 140 Å². The van der Waals surface area contributed by atoms with Crippen LogP contribution >= 0.6 is 0 Å². The van der Waals surface area contributed by atoms with Crippen molar-refractivity contribution in [2.75, 3.05) is 14.2 Å². The molecular weight excluding hydrogens is 316 g/mol. The Hall–Kier alpha value is -1.79. The van der Waals surface area contributed by atoms with Crippen molar-refractivity contribution < 1.29 is 23.0 Å². The standard InChI is InChI=1S/C18H23F2NO3/c1-23-16(24-2)12-15(13-6-4-3-5-7-13)21-17(22)14-8-10-18(19,20)11-9-14/h3-7,12,14,16H,8-11H2,1-2H3,(H,21,22). The van der Waals surface area contributed by atoms with Crippen LogP contribution in [0, 0.1) is 5.92 Å². The lowest BCUT2D eigenvalue weighted by molar-refractivity contribution is -0.127. The first kappa shape index (κ1) is 18.5. The molecule has 1 aliphatic rings. The minimum Gasteiger partial charge on any atom is -0.352 e. The molecule has 24 heavy (non-hydrogen) atoms. The van der Waals surface area contributed by atoms with Gasteiger partial charge in [0.05, 0.1) is 0 Å². The van der Waals surface area contributed by atoms with E-state index in [1.54, 1.807) is 6.08 Å². The second kappa shape index (κ2) is 8.35. The largest absolute Gasteiger partial charge is 0.352 e. The highest BCUT2D eigenvalue weighted by atomic mass is 19.3. The lowest BCUT2D eigenvalue weighted by Crippen LogP contribution is -2.35. The van der Waals surface area contributed by atoms with Crippen LogP contribution in [0.15, 0.2) is 36.4 Å². The Kier molecular flexibility index (Phi) is 6.45. The summed E-state index contributed by atoms with van der Waals surface area (Å²) in [5, 5.41) is 2.85. The number of hydrogen-bond donors (Lipinski definition) is 1. The number of nitrogens with one attached hydrogen (secondary N) is 1. The summed E-state index contributed by atoms with van der Waals surface area (Å²) in [7, 11) is 3.00. The van der Waals surface area contributed by atoms with E-state index in [-0.39, 0.29) is 31.6 Å². The molecule has 132 valence electrons. The molecule has 0 heterocycles. The fourth-order valence-electron chi connectivity index (χ4n) is 2.73. The number of carbonyl (C=O) groups excluding carboxylic acids is 1. The summed E-state index contributed by atoms with van der Waals surface area (Å²) in [6.45, 7) is 0. The van der Waals surface area contributed by atoms with Crippen LogP contribution < -0.4 is 5.32 Å². The highest BCUT2D eigenvalue weighted by molar-refractivity contribution is 5.88. The van der Waals surface area contributed by atoms with E-state index in [2.05, 4.69) is 5.32 Å². The third kappa shape index (κ3) is 5.11. The van der Waals surface area contributed by atoms with Crippen LogP contribution in [0.5, 0.6) is 0 Å². The molecule has 2 rings (SSSR count). The highest BCUT2D eigenvalue weighted by Crippen LogP contribution is 2.36. The molecule has 0 radical (unpaired) electrons. The molecule has 1 N–H and O–H groups in total. The van der Waals surface area contributed by atoms with Crippen molar-refractivity contribution in [2.24, 2.45) is 5.92 Å². The molecule has 1 aromatic rings. The maximum Gasteiger partial charge on any atom is 0.248 e. The quantitative estimate of drug-likeness (QED) is 0.806. The van der Waals surface area contributed by atoms with Crippen LogP contribution in [0.3, 0.4) is 0 Å². The van der Waals surface area contributed by atoms with Gasteiger partial charge in [-0.25, -0.2) is 8.78 Å². The van der Waals surface area contributed by atoms with Gasteiger partial charge in [0.2, 0.25) is 11.8 Å². The number of halogens is 2. The second-order valence-corrected chi connectivity index (χ2v) is 5.91. The van der Waals surface area contributed by atoms with Crippen LogP contribution in [0.1, 0.15) is 31.2 Å². The molecule has 0 spiro atoms. The summed E-state index contributed by atoms with van der Waals surface area (Å²) in [5.74, 6) is -3.29. The summed E-state index contributed by atoms with van der Waals surface area (Å²) in [4.78, 5) is 12.5. The number of amides is 1. The predicted molar refractivity (Wildman–Crippen MR) is 87.3 cm³/mol. The maximum absolute atomic E-state index is 13.3. The Morgan fingerprint density at radius 1 is 1.21 bits per heavy atom. The fourth-order valence-corrected chi connectivity index (χ4v) is 2.73. The van der Waals surface area contributed by atoms with Gasteiger partial charge in [0, 0.05) is 38.7 Å². The zero-order chi connectivity index (χ0) is 17.6. The molecule has 1 amide bonds. The third-order valence-corrected chi connectivity index (χ3v) is 4.20. The molecule has 6 heteroatoms. The number of methoxy groups -OCH3 is 2. The van der Waals surface area contributed by atoms with Crippen molar-refractivity contribution in [1.29, 1.82) is 0 Å². The Balaban J connectivity index is 2.12. The lowest BCUT2D eigenvalue weighted by Gasteiger charge is -2.27. The van der Waals surface area contributed by atoms with Crippen LogP contribution in [-0.4, -0.2) is 32.3 Å². The zero-order valence-corrected chi connectivity index (χ0v) is 13.9. The molecule has 1 aromatic carbocycles. The highest BCUT2D eigenvalue weighted by Gasteiger charge is 2.37. The Morgan fingerprint density at radius 2 is 1.79 bits per heavy atom. The van der Waals surface area contributed by atoms with E-state index in [0.717, 1.165) is 5.56 Å². The minimum atomic E-state index is -2.65. The van der Waals surface area contributed by atoms with Gasteiger partial charge in [0.15, 0.2) is 6.29 Å². The lowest BCUT2D eigenvalue weighted by atomic mass is 9.86. The van der Waals surface area contributed by atoms with Crippen molar-refractivity contribution in [3.05, 3.63) is 42.0 Å². The molecule has 0 saturated heterocycles. The number of benzene rings is 1. The van der Waals surface area contributed by atoms with Gasteiger partial charge < -0.3 is 14.8 Å². The van der Waals surface area contributed by atoms with E-state index >= 15 is 0 Å². The SMILES string of the molecule is COC(C=C(NC(=O)C1CCC(F)(F)CC1)c1ccccc1)OC. The fraction of sp³-hybridized carbons (Fsp3) is 0.500. The van der Waals surface area contributed by atoms with E-state index in [1.807, 2.05) is 30.3 Å². The summed E-state index contributed by atoms with van der Waals surface area (Å²) < 4.78 is 36.8. The van der Waals surface area contributed by atoms with Crippen LogP contribution in [-0.2, 0) is 14.3 Å². The number of ether oxygens (including phenoxy) is 2. The van der Waals surface area contributed by atoms with Crippen molar-refractivity contribution in [3.8, 4) is 0 Å². The van der Waals surface area contributed by atoms with Gasteiger partial charge in [0.25, 0.3) is 0 Å². The van der Waals surface area contributed by atoms with Gasteiger partial charge in [-0.3, -0.25) is 4.79 Å². The number of alkyl halides is 2. The molecule has 0 atom stereocenters. The van der Waals surface area contributed by atoms with Gasteiger partial charge in [-0.1, -0.05) is 30.3 Å². The van der Waals surface area contributed by atoms with Crippen molar-refractivity contribution >= 4 is 11.6 Å². The van der Waals surface area contributed by atoms with Gasteiger partial charge in [-0.05, 0) is 24.5 Å². The van der Waals surface area contributed by atoms with Gasteiger partial charge in [0.1, 0.15) is 0 Å². The van der Waals surface area contributed by atoms with E-state index in [9.17, 15) is 13.6 Å². The molecule has 0 bridgehead atoms. The van der Waals surface area contributed by atoms with E-state index in [1.165, 1.54) is 14.2 Å². The average Bonchev–Trinajstić information content (AvgIpc) is 2.59. The molecule has 0 aromatic heterocycles. The predicted octanol–water partition coefficient (Wildman–Crippen LogP) is 3.59. The molecule has 0 unspecified atom stereocenters. The van der Waals surface area contributed by atoms with E-state index in [4.69, 9.17) is 9.47 Å². The summed E-state index contributed by atoms with van der Waals surface area (Å²) in [6, 6.07) is 9.28. The molecule has 0 aliphatic heterocycles. The second-order valence-electron chi connectivity index (χ2n) is 5.91. The van der Waals surface area contributed by atoms with Gasteiger partial charge >= 0.3 is 0 Å². The van der Waals surface area contributed by atoms with Crippen molar-refractivity contribution in [1.82, 2.24) is 5.32 Å². The Morgan fingerprint density at radius 3 is 2.33 bits per heavy atom. The zero-order valence-electron chi connectivity index (χ0n) is 13.9. The monoisotopic (exact) mass is 339 g/mol. The maximum atomic E-state index is 13.3. The van der Waals surface area contributed by atoms with Crippen molar-refractivity contribution in [2.45, 2.75) is 37.9 Å². The smallest absolute Gasteiger partial charge is 0.248 e. The minimum absolute atomic E-state index is 0.193. The van der Waals surface area contributed by atoms with Crippen LogP contribution in [0.2, 0.25) is 0 Å². The number of carbonyl (C=O) groups is 1. The molecule has 4 nitrogen and oxygen atoms in total. The van der Waals surface area contributed by atoms with Crippen LogP contribution in [0.25, 0.3) is 5.70 Å². The third-order valence-electron chi connectivity index (χ3n) is 4.20. The molecule has 1 aliphatic carbocycles. The van der Waals surface area contributed by atoms with Crippen molar-refractivity contribution in [3.63, 3.8) is 0 Å². The number of hydrogen-bond acceptors (Lipinski definition) is 3. The summed E-state index contributed by atoms with van der Waals surface area (Å²) in [5.41, 5.74) is 1.35. The topological polar surface area (TPSA) is 47.6 Å². The molecule has 1 saturated carbocycles. The van der Waals surface area contributed by atoms with E-state index < -0.39 is 18.1 Å². The first-order chi connectivity index (χ1) is 11.4. The first-order valence-electron chi connectivity index (χ1n) is 7.96. The Bertz CT molecular complexity index is 561. The molecule has 1 fully saturated rings. The van der Waals surface area contributed by atoms with Gasteiger partial charge in [-0.2, -0.15) is 0 Å². The molecular formula is C18H23F2NO3. The van der Waals surface area contributed by atoms with E-state index in [0.29, 0.717) is 5.70 Å². The normalized spacial score (nSPS) is 18.6. The summed E-state index contributed by atoms with van der Waals surface area (Å²) in [6.07, 6.45) is 0.946. The van der Waals surface area contributed by atoms with Gasteiger partial charge in [-0.15, -0.1) is 0 Å². The average molecular weight is 339 g/mol. The van der Waals surface area contributed by atoms with Crippen LogP contribution in [0.4, 0.5) is 8.78 Å². The summed E-state index contributed by atoms with van der Waals surface area (Å²) >= 11 is 0. The number of rotatable bonds is 6.